The van der Waals surface area contributed by atoms with Crippen LogP contribution >= 0.6 is 0 Å². The van der Waals surface area contributed by atoms with Crippen LogP contribution in [0.25, 0.3) is 0 Å². The van der Waals surface area contributed by atoms with E-state index in [2.05, 4.69) is 0 Å². The third-order valence-corrected chi connectivity index (χ3v) is 7.52. The SMILES string of the molecule is Cc1ccc(S(=O)(=O)n2cccc2C(O)OC(=O)C2(C)CCN(C(=O)OC(C)(C)C)CC2)cc1. The molecule has 0 radical (unpaired) electrons. The maximum atomic E-state index is 13.0. The van der Waals surface area contributed by atoms with Gasteiger partial charge >= 0.3 is 12.1 Å². The maximum absolute atomic E-state index is 13.0. The number of hydrogen-bond acceptors (Lipinski definition) is 7. The first kappa shape index (κ1) is 25.8. The summed E-state index contributed by atoms with van der Waals surface area (Å²) in [5.41, 5.74) is -0.725. The minimum absolute atomic E-state index is 0.0514. The van der Waals surface area contributed by atoms with Crippen molar-refractivity contribution in [2.45, 2.75) is 64.2 Å². The summed E-state index contributed by atoms with van der Waals surface area (Å²) in [6.07, 6.45) is -0.283. The number of esters is 1. The topological polar surface area (TPSA) is 115 Å². The molecule has 1 amide bonds. The van der Waals surface area contributed by atoms with Gasteiger partial charge in [-0.1, -0.05) is 17.7 Å². The molecule has 186 valence electrons. The van der Waals surface area contributed by atoms with E-state index in [1.54, 1.807) is 39.8 Å². The number of nitrogens with zero attached hydrogens (tertiary/aromatic N) is 2. The maximum Gasteiger partial charge on any atom is 0.410 e. The molecule has 10 heteroatoms. The normalized spacial score (nSPS) is 17.2. The predicted molar refractivity (Wildman–Crippen MR) is 124 cm³/mol. The van der Waals surface area contributed by atoms with Gasteiger partial charge < -0.3 is 19.5 Å². The van der Waals surface area contributed by atoms with E-state index in [1.165, 1.54) is 35.4 Å². The van der Waals surface area contributed by atoms with Gasteiger partial charge in [-0.15, -0.1) is 0 Å². The summed E-state index contributed by atoms with van der Waals surface area (Å²) < 4.78 is 37.7. The molecule has 2 aromatic rings. The standard InChI is InChI=1S/C24H32N2O7S/c1-17-8-10-18(11-9-17)34(30,31)26-14-6-7-19(26)20(27)32-21(28)24(5)12-15-25(16-13-24)22(29)33-23(2,3)4/h6-11,14,20,27H,12-13,15-16H2,1-5H3. The lowest BCUT2D eigenvalue weighted by molar-refractivity contribution is -0.184. The number of likely N-dealkylation sites (tertiary alicyclic amines) is 1. The fourth-order valence-corrected chi connectivity index (χ4v) is 5.00. The van der Waals surface area contributed by atoms with Crippen LogP contribution in [0.2, 0.25) is 0 Å². The number of ether oxygens (including phenoxy) is 2. The van der Waals surface area contributed by atoms with E-state index in [0.29, 0.717) is 25.9 Å². The molecule has 3 rings (SSSR count). The highest BCUT2D eigenvalue weighted by Crippen LogP contribution is 2.35. The zero-order valence-corrected chi connectivity index (χ0v) is 21.0. The Balaban J connectivity index is 1.69. The molecule has 1 aliphatic heterocycles. The van der Waals surface area contributed by atoms with Gasteiger partial charge in [-0.2, -0.15) is 0 Å². The lowest BCUT2D eigenvalue weighted by Crippen LogP contribution is -2.47. The molecular weight excluding hydrogens is 460 g/mol. The van der Waals surface area contributed by atoms with E-state index in [-0.39, 0.29) is 10.6 Å². The number of carbonyl (C=O) groups is 2. The molecule has 1 aromatic carbocycles. The molecule has 1 atom stereocenters. The molecule has 1 N–H and O–H groups in total. The number of carbonyl (C=O) groups excluding carboxylic acids is 2. The van der Waals surface area contributed by atoms with Crippen LogP contribution in [0.3, 0.4) is 0 Å². The van der Waals surface area contributed by atoms with Crippen molar-refractivity contribution in [3.05, 3.63) is 53.9 Å². The molecule has 1 saturated heterocycles. The Bertz CT molecular complexity index is 1140. The van der Waals surface area contributed by atoms with Gasteiger partial charge in [-0.05, 0) is 71.7 Å². The predicted octanol–water partition coefficient (Wildman–Crippen LogP) is 3.60. The van der Waals surface area contributed by atoms with E-state index in [0.717, 1.165) is 9.54 Å². The summed E-state index contributed by atoms with van der Waals surface area (Å²) in [7, 11) is -3.99. The summed E-state index contributed by atoms with van der Waals surface area (Å²) in [6, 6.07) is 9.16. The highest BCUT2D eigenvalue weighted by atomic mass is 32.2. The number of aryl methyl sites for hydroxylation is 1. The first-order valence-corrected chi connectivity index (χ1v) is 12.5. The van der Waals surface area contributed by atoms with E-state index in [9.17, 15) is 23.1 Å². The van der Waals surface area contributed by atoms with Crippen molar-refractivity contribution in [3.63, 3.8) is 0 Å². The number of benzene rings is 1. The molecule has 2 heterocycles. The van der Waals surface area contributed by atoms with Gasteiger partial charge in [0.25, 0.3) is 10.0 Å². The third-order valence-electron chi connectivity index (χ3n) is 5.80. The van der Waals surface area contributed by atoms with Crippen molar-refractivity contribution in [1.82, 2.24) is 8.87 Å². The Morgan fingerprint density at radius 2 is 1.68 bits per heavy atom. The minimum Gasteiger partial charge on any atom is -0.444 e. The number of aromatic nitrogens is 1. The summed E-state index contributed by atoms with van der Waals surface area (Å²) in [4.78, 5) is 26.8. The molecular formula is C24H32N2O7S. The van der Waals surface area contributed by atoms with Crippen LogP contribution in [-0.4, -0.2) is 53.1 Å². The second kappa shape index (κ2) is 9.42. The monoisotopic (exact) mass is 492 g/mol. The number of aliphatic hydroxyl groups is 1. The van der Waals surface area contributed by atoms with Gasteiger partial charge in [0.05, 0.1) is 10.3 Å². The van der Waals surface area contributed by atoms with Crippen molar-refractivity contribution in [2.24, 2.45) is 5.41 Å². The first-order chi connectivity index (χ1) is 15.7. The molecule has 0 aliphatic carbocycles. The highest BCUT2D eigenvalue weighted by molar-refractivity contribution is 7.90. The fourth-order valence-electron chi connectivity index (χ4n) is 3.63. The lowest BCUT2D eigenvalue weighted by Gasteiger charge is -2.38. The molecule has 0 saturated carbocycles. The van der Waals surface area contributed by atoms with Gasteiger partial charge in [0.15, 0.2) is 0 Å². The van der Waals surface area contributed by atoms with Crippen LogP contribution in [-0.2, 0) is 24.3 Å². The van der Waals surface area contributed by atoms with Crippen LogP contribution in [0, 0.1) is 12.3 Å². The van der Waals surface area contributed by atoms with E-state index in [1.807, 2.05) is 6.92 Å². The largest absolute Gasteiger partial charge is 0.444 e. The van der Waals surface area contributed by atoms with E-state index in [4.69, 9.17) is 9.47 Å². The number of rotatable bonds is 5. The van der Waals surface area contributed by atoms with Crippen molar-refractivity contribution in [3.8, 4) is 0 Å². The van der Waals surface area contributed by atoms with Crippen molar-refractivity contribution >= 4 is 22.1 Å². The molecule has 34 heavy (non-hydrogen) atoms. The average Bonchev–Trinajstić information content (AvgIpc) is 3.24. The number of hydrogen-bond donors (Lipinski definition) is 1. The molecule has 9 nitrogen and oxygen atoms in total. The Morgan fingerprint density at radius 3 is 2.24 bits per heavy atom. The van der Waals surface area contributed by atoms with Gasteiger partial charge in [-0.25, -0.2) is 17.2 Å². The molecule has 1 aromatic heterocycles. The van der Waals surface area contributed by atoms with Crippen LogP contribution in [0.15, 0.2) is 47.5 Å². The Morgan fingerprint density at radius 1 is 1.09 bits per heavy atom. The number of amides is 1. The number of aliphatic hydroxyl groups excluding tert-OH is 1. The summed E-state index contributed by atoms with van der Waals surface area (Å²) in [6.45, 7) is 9.51. The van der Waals surface area contributed by atoms with Crippen molar-refractivity contribution < 1.29 is 32.6 Å². The quantitative estimate of drug-likeness (QED) is 0.501. The first-order valence-electron chi connectivity index (χ1n) is 11.1. The van der Waals surface area contributed by atoms with Crippen LogP contribution in [0.4, 0.5) is 4.79 Å². The summed E-state index contributed by atoms with van der Waals surface area (Å²) in [5.74, 6) is -0.663. The van der Waals surface area contributed by atoms with Crippen LogP contribution in [0.1, 0.15) is 58.1 Å². The van der Waals surface area contributed by atoms with Gasteiger partial charge in [0.1, 0.15) is 11.3 Å². The minimum atomic E-state index is -3.99. The molecule has 1 aliphatic rings. The molecule has 1 unspecified atom stereocenters. The van der Waals surface area contributed by atoms with Gasteiger partial charge in [0, 0.05) is 19.3 Å². The summed E-state index contributed by atoms with van der Waals surface area (Å²) >= 11 is 0. The molecule has 1 fully saturated rings. The van der Waals surface area contributed by atoms with E-state index >= 15 is 0 Å². The lowest BCUT2D eigenvalue weighted by atomic mass is 9.80. The van der Waals surface area contributed by atoms with Crippen LogP contribution < -0.4 is 0 Å². The fraction of sp³-hybridized carbons (Fsp3) is 0.500. The average molecular weight is 493 g/mol. The summed E-state index contributed by atoms with van der Waals surface area (Å²) in [5, 5.41) is 10.6. The van der Waals surface area contributed by atoms with Gasteiger partial charge in [-0.3, -0.25) is 4.79 Å². The highest BCUT2D eigenvalue weighted by Gasteiger charge is 2.41. The van der Waals surface area contributed by atoms with Crippen LogP contribution in [0.5, 0.6) is 0 Å². The van der Waals surface area contributed by atoms with Gasteiger partial charge in [0.2, 0.25) is 6.29 Å². The Kier molecular flexibility index (Phi) is 7.14. The van der Waals surface area contributed by atoms with Crippen molar-refractivity contribution in [1.29, 1.82) is 0 Å². The smallest absolute Gasteiger partial charge is 0.410 e. The Labute approximate surface area is 200 Å². The third kappa shape index (κ3) is 5.61. The zero-order chi connectivity index (χ0) is 25.3. The number of piperidine rings is 1. The zero-order valence-electron chi connectivity index (χ0n) is 20.1. The molecule has 0 spiro atoms. The Hall–Kier alpha value is -2.85. The molecule has 0 bridgehead atoms. The second-order valence-electron chi connectivity index (χ2n) is 9.83. The van der Waals surface area contributed by atoms with Crippen molar-refractivity contribution in [2.75, 3.05) is 13.1 Å². The second-order valence-corrected chi connectivity index (χ2v) is 11.6. The van der Waals surface area contributed by atoms with E-state index < -0.39 is 39.4 Å².